The summed E-state index contributed by atoms with van der Waals surface area (Å²) in [6, 6.07) is 0. The zero-order valence-corrected chi connectivity index (χ0v) is 7.25. The number of nitrogens with one attached hydrogen (secondary N) is 1. The van der Waals surface area contributed by atoms with Gasteiger partial charge in [0.1, 0.15) is 0 Å². The molecule has 1 amide bonds. The van der Waals surface area contributed by atoms with Gasteiger partial charge in [-0.05, 0) is 12.8 Å². The predicted molar refractivity (Wildman–Crippen MR) is 45.9 cm³/mol. The number of nitrogens with zero attached hydrogens (tertiary/aromatic N) is 1. The van der Waals surface area contributed by atoms with Gasteiger partial charge in [-0.15, -0.1) is 0 Å². The zero-order valence-electron chi connectivity index (χ0n) is 7.25. The lowest BCUT2D eigenvalue weighted by Crippen LogP contribution is -2.20. The van der Waals surface area contributed by atoms with Gasteiger partial charge in [0.2, 0.25) is 5.91 Å². The summed E-state index contributed by atoms with van der Waals surface area (Å²) in [6.45, 7) is 3.02. The van der Waals surface area contributed by atoms with E-state index >= 15 is 0 Å². The fourth-order valence-electron chi connectivity index (χ4n) is 1.12. The Morgan fingerprint density at radius 3 is 3.17 bits per heavy atom. The number of hydrogen-bond donors (Lipinski definition) is 1. The predicted octanol–water partition coefficient (Wildman–Crippen LogP) is 0.535. The SMILES string of the molecule is CC(=O)N/N=C/C1CCCOC1. The van der Waals surface area contributed by atoms with Crippen LogP contribution in [0.5, 0.6) is 0 Å². The van der Waals surface area contributed by atoms with Gasteiger partial charge < -0.3 is 4.74 Å². The van der Waals surface area contributed by atoms with Crippen molar-refractivity contribution in [2.24, 2.45) is 11.0 Å². The van der Waals surface area contributed by atoms with Crippen molar-refractivity contribution in [1.82, 2.24) is 5.43 Å². The average Bonchev–Trinajstić information content (AvgIpc) is 2.05. The summed E-state index contributed by atoms with van der Waals surface area (Å²) in [5.74, 6) is 0.230. The van der Waals surface area contributed by atoms with Gasteiger partial charge >= 0.3 is 0 Å². The first-order valence-corrected chi connectivity index (χ1v) is 4.16. The fourth-order valence-corrected chi connectivity index (χ4v) is 1.12. The van der Waals surface area contributed by atoms with E-state index in [0.717, 1.165) is 26.1 Å². The molecule has 12 heavy (non-hydrogen) atoms. The molecule has 1 saturated heterocycles. The molecule has 1 fully saturated rings. The van der Waals surface area contributed by atoms with E-state index in [1.165, 1.54) is 6.92 Å². The first-order chi connectivity index (χ1) is 5.79. The molecule has 1 N–H and O–H groups in total. The Bertz CT molecular complexity index is 174. The van der Waals surface area contributed by atoms with Crippen molar-refractivity contribution in [3.63, 3.8) is 0 Å². The highest BCUT2D eigenvalue weighted by molar-refractivity contribution is 5.74. The number of ether oxygens (including phenoxy) is 1. The molecule has 1 atom stereocenters. The van der Waals surface area contributed by atoms with Crippen LogP contribution in [0.4, 0.5) is 0 Å². The normalized spacial score (nSPS) is 24.2. The Labute approximate surface area is 72.0 Å². The summed E-state index contributed by atoms with van der Waals surface area (Å²) in [7, 11) is 0. The van der Waals surface area contributed by atoms with Gasteiger partial charge in [-0.2, -0.15) is 5.10 Å². The maximum absolute atomic E-state index is 10.4. The Hall–Kier alpha value is -0.900. The lowest BCUT2D eigenvalue weighted by molar-refractivity contribution is -0.118. The highest BCUT2D eigenvalue weighted by atomic mass is 16.5. The standard InChI is InChI=1S/C8H14N2O2/c1-7(11)10-9-5-8-3-2-4-12-6-8/h5,8H,2-4,6H2,1H3,(H,10,11)/b9-5+. The maximum Gasteiger partial charge on any atom is 0.236 e. The Kier molecular flexibility index (Phi) is 3.73. The number of rotatable bonds is 2. The van der Waals surface area contributed by atoms with Gasteiger partial charge in [-0.1, -0.05) is 0 Å². The van der Waals surface area contributed by atoms with Crippen LogP contribution < -0.4 is 5.43 Å². The van der Waals surface area contributed by atoms with E-state index in [1.807, 2.05) is 0 Å². The molecule has 0 radical (unpaired) electrons. The molecule has 1 aliphatic heterocycles. The third-order valence-corrected chi connectivity index (χ3v) is 1.70. The second kappa shape index (κ2) is 4.87. The van der Waals surface area contributed by atoms with Gasteiger partial charge in [-0.25, -0.2) is 5.43 Å². The van der Waals surface area contributed by atoms with Crippen LogP contribution in [-0.4, -0.2) is 25.3 Å². The Morgan fingerprint density at radius 2 is 2.58 bits per heavy atom. The molecule has 4 heteroatoms. The van der Waals surface area contributed by atoms with Crippen LogP contribution in [-0.2, 0) is 9.53 Å². The summed E-state index contributed by atoms with van der Waals surface area (Å²) < 4.78 is 5.24. The van der Waals surface area contributed by atoms with E-state index < -0.39 is 0 Å². The van der Waals surface area contributed by atoms with Gasteiger partial charge in [0.25, 0.3) is 0 Å². The summed E-state index contributed by atoms with van der Waals surface area (Å²) in [5.41, 5.74) is 2.37. The molecule has 0 spiro atoms. The molecular weight excluding hydrogens is 156 g/mol. The third-order valence-electron chi connectivity index (χ3n) is 1.70. The average molecular weight is 170 g/mol. The van der Waals surface area contributed by atoms with Gasteiger partial charge in [0.05, 0.1) is 6.61 Å². The first-order valence-electron chi connectivity index (χ1n) is 4.16. The zero-order chi connectivity index (χ0) is 8.81. The van der Waals surface area contributed by atoms with Crippen molar-refractivity contribution in [3.8, 4) is 0 Å². The molecule has 0 aromatic rings. The quantitative estimate of drug-likeness (QED) is 0.485. The van der Waals surface area contributed by atoms with Crippen LogP contribution in [0.1, 0.15) is 19.8 Å². The number of hydrazone groups is 1. The Balaban J connectivity index is 2.19. The smallest absolute Gasteiger partial charge is 0.236 e. The van der Waals surface area contributed by atoms with Crippen LogP contribution in [0.25, 0.3) is 0 Å². The van der Waals surface area contributed by atoms with Crippen molar-refractivity contribution >= 4 is 12.1 Å². The summed E-state index contributed by atoms with van der Waals surface area (Å²) >= 11 is 0. The minimum Gasteiger partial charge on any atom is -0.381 e. The van der Waals surface area contributed by atoms with Gasteiger partial charge in [0.15, 0.2) is 0 Å². The lowest BCUT2D eigenvalue weighted by atomic mass is 10.0. The molecule has 1 heterocycles. The maximum atomic E-state index is 10.4. The second-order valence-electron chi connectivity index (χ2n) is 2.92. The molecule has 1 unspecified atom stereocenters. The number of hydrogen-bond acceptors (Lipinski definition) is 3. The first kappa shape index (κ1) is 9.19. The minimum absolute atomic E-state index is 0.136. The van der Waals surface area contributed by atoms with Crippen LogP contribution in [0.15, 0.2) is 5.10 Å². The molecule has 0 bridgehead atoms. The van der Waals surface area contributed by atoms with Crippen molar-refractivity contribution in [1.29, 1.82) is 0 Å². The van der Waals surface area contributed by atoms with Crippen molar-refractivity contribution < 1.29 is 9.53 Å². The van der Waals surface area contributed by atoms with Gasteiger partial charge in [-0.3, -0.25) is 4.79 Å². The molecule has 0 aliphatic carbocycles. The van der Waals surface area contributed by atoms with E-state index in [9.17, 15) is 4.79 Å². The molecular formula is C8H14N2O2. The summed E-state index contributed by atoms with van der Waals surface area (Å²) in [5, 5.41) is 3.79. The number of carbonyl (C=O) groups is 1. The number of amides is 1. The summed E-state index contributed by atoms with van der Waals surface area (Å²) in [6.07, 6.45) is 3.93. The van der Waals surface area contributed by atoms with E-state index in [4.69, 9.17) is 4.74 Å². The highest BCUT2D eigenvalue weighted by Gasteiger charge is 2.10. The molecule has 4 nitrogen and oxygen atoms in total. The van der Waals surface area contributed by atoms with E-state index in [1.54, 1.807) is 6.21 Å². The van der Waals surface area contributed by atoms with Crippen LogP contribution in [0.3, 0.4) is 0 Å². The summed E-state index contributed by atoms with van der Waals surface area (Å²) in [4.78, 5) is 10.4. The van der Waals surface area contributed by atoms with Gasteiger partial charge in [0, 0.05) is 25.7 Å². The fraction of sp³-hybridized carbons (Fsp3) is 0.750. The molecule has 1 aliphatic rings. The van der Waals surface area contributed by atoms with Crippen LogP contribution >= 0.6 is 0 Å². The van der Waals surface area contributed by atoms with E-state index in [0.29, 0.717) is 5.92 Å². The monoisotopic (exact) mass is 170 g/mol. The lowest BCUT2D eigenvalue weighted by Gasteiger charge is -2.17. The van der Waals surface area contributed by atoms with Crippen molar-refractivity contribution in [2.45, 2.75) is 19.8 Å². The third kappa shape index (κ3) is 3.48. The Morgan fingerprint density at radius 1 is 1.75 bits per heavy atom. The molecule has 1 rings (SSSR count). The van der Waals surface area contributed by atoms with Crippen LogP contribution in [0.2, 0.25) is 0 Å². The number of carbonyl (C=O) groups excluding carboxylic acids is 1. The minimum atomic E-state index is -0.136. The topological polar surface area (TPSA) is 50.7 Å². The molecule has 0 saturated carbocycles. The molecule has 68 valence electrons. The second-order valence-corrected chi connectivity index (χ2v) is 2.92. The van der Waals surface area contributed by atoms with Crippen molar-refractivity contribution in [2.75, 3.05) is 13.2 Å². The molecule has 0 aromatic carbocycles. The van der Waals surface area contributed by atoms with E-state index in [2.05, 4.69) is 10.5 Å². The molecule has 0 aromatic heterocycles. The highest BCUT2D eigenvalue weighted by Crippen LogP contribution is 2.10. The van der Waals surface area contributed by atoms with Crippen molar-refractivity contribution in [3.05, 3.63) is 0 Å². The van der Waals surface area contributed by atoms with E-state index in [-0.39, 0.29) is 5.91 Å². The van der Waals surface area contributed by atoms with Crippen LogP contribution in [0, 0.1) is 5.92 Å². The largest absolute Gasteiger partial charge is 0.381 e.